The Bertz CT molecular complexity index is 2110. The van der Waals surface area contributed by atoms with Crippen LogP contribution in [0.3, 0.4) is 0 Å². The van der Waals surface area contributed by atoms with E-state index in [1.807, 2.05) is 4.90 Å². The van der Waals surface area contributed by atoms with E-state index < -0.39 is 92.9 Å². The van der Waals surface area contributed by atoms with Crippen molar-refractivity contribution in [3.05, 3.63) is 35.4 Å². The van der Waals surface area contributed by atoms with E-state index in [-0.39, 0.29) is 54.4 Å². The zero-order valence-electron chi connectivity index (χ0n) is 28.7. The molecule has 3 saturated heterocycles. The summed E-state index contributed by atoms with van der Waals surface area (Å²) < 4.78 is 108. The number of hydrogen-bond acceptors (Lipinski definition) is 10. The Kier molecular flexibility index (Phi) is 9.23. The molecule has 0 saturated carbocycles. The van der Waals surface area contributed by atoms with Crippen molar-refractivity contribution in [3.63, 3.8) is 0 Å². The van der Waals surface area contributed by atoms with Crippen LogP contribution in [0.5, 0.6) is 11.9 Å². The van der Waals surface area contributed by atoms with Crippen molar-refractivity contribution < 1.29 is 55.2 Å². The van der Waals surface area contributed by atoms with E-state index in [0.717, 1.165) is 23.5 Å². The fraction of sp³-hybridized carbons (Fsp3) is 0.500. The Hall–Kier alpha value is -4.65. The number of alkyl halides is 4. The van der Waals surface area contributed by atoms with Crippen molar-refractivity contribution in [1.29, 1.82) is 0 Å². The topological polar surface area (TPSA) is 139 Å². The molecule has 0 bridgehead atoms. The van der Waals surface area contributed by atoms with Gasteiger partial charge in [-0.25, -0.2) is 27.7 Å². The molecule has 3 aliphatic heterocycles. The summed E-state index contributed by atoms with van der Waals surface area (Å²) in [5.74, 6) is -2.83. The van der Waals surface area contributed by atoms with Crippen LogP contribution in [0.2, 0.25) is 0 Å². The first kappa shape index (κ1) is 36.7. The number of fused-ring (bicyclic) bond motifs is 3. The minimum Gasteiger partial charge on any atom is -0.472 e. The van der Waals surface area contributed by atoms with Crippen LogP contribution in [0.15, 0.2) is 18.2 Å². The molecule has 0 unspecified atom stereocenters. The first-order chi connectivity index (χ1) is 24.9. The second kappa shape index (κ2) is 13.3. The summed E-state index contributed by atoms with van der Waals surface area (Å²) in [5.41, 5.74) is -5.51. The van der Waals surface area contributed by atoms with Gasteiger partial charge in [-0.05, 0) is 58.4 Å². The number of benzene rings is 2. The third-order valence-corrected chi connectivity index (χ3v) is 10.5. The highest BCUT2D eigenvalue weighted by molar-refractivity contribution is 7.22. The van der Waals surface area contributed by atoms with Gasteiger partial charge < -0.3 is 24.2 Å². The van der Waals surface area contributed by atoms with Gasteiger partial charge in [-0.3, -0.25) is 10.2 Å². The largest absolute Gasteiger partial charge is 0.472 e. The molecule has 2 amide bonds. The highest BCUT2D eigenvalue weighted by Crippen LogP contribution is 2.47. The van der Waals surface area contributed by atoms with Gasteiger partial charge in [-0.2, -0.15) is 23.1 Å². The van der Waals surface area contributed by atoms with Crippen LogP contribution < -0.4 is 14.8 Å². The highest BCUT2D eigenvalue weighted by atomic mass is 32.1. The lowest BCUT2D eigenvalue weighted by atomic mass is 9.95. The Morgan fingerprint density at radius 1 is 1.09 bits per heavy atom. The van der Waals surface area contributed by atoms with Gasteiger partial charge in [0.1, 0.15) is 35.8 Å². The third kappa shape index (κ3) is 7.19. The molecule has 4 aromatic rings. The average molecular weight is 769 g/mol. The summed E-state index contributed by atoms with van der Waals surface area (Å²) in [6.07, 6.45) is -7.52. The van der Waals surface area contributed by atoms with E-state index in [1.165, 1.54) is 0 Å². The van der Waals surface area contributed by atoms with Crippen LogP contribution in [0.25, 0.3) is 32.2 Å². The zero-order chi connectivity index (χ0) is 38.0. The summed E-state index contributed by atoms with van der Waals surface area (Å²) in [5, 5.41) is 11.1. The molecule has 0 radical (unpaired) electrons. The fourth-order valence-electron chi connectivity index (χ4n) is 7.25. The van der Waals surface area contributed by atoms with Crippen molar-refractivity contribution >= 4 is 49.8 Å². The molecule has 284 valence electrons. The number of likely N-dealkylation sites (tertiary alicyclic amines) is 1. The summed E-state index contributed by atoms with van der Waals surface area (Å²) in [7, 11) is 0. The molecule has 0 spiro atoms. The van der Waals surface area contributed by atoms with Crippen molar-refractivity contribution in [2.24, 2.45) is 0 Å². The van der Waals surface area contributed by atoms with E-state index in [0.29, 0.717) is 30.4 Å². The van der Waals surface area contributed by atoms with Crippen LogP contribution in [0.1, 0.15) is 52.0 Å². The third-order valence-electron chi connectivity index (χ3n) is 9.48. The van der Waals surface area contributed by atoms with Gasteiger partial charge >= 0.3 is 24.4 Å². The molecule has 7 rings (SSSR count). The predicted molar refractivity (Wildman–Crippen MR) is 180 cm³/mol. The van der Waals surface area contributed by atoms with E-state index >= 15 is 8.78 Å². The minimum absolute atomic E-state index is 0.0837. The van der Waals surface area contributed by atoms with E-state index in [1.54, 1.807) is 20.8 Å². The smallest absolute Gasteiger partial charge is 0.417 e. The molecule has 3 fully saturated rings. The molecule has 2 aromatic heterocycles. The van der Waals surface area contributed by atoms with Gasteiger partial charge in [-0.15, -0.1) is 0 Å². The number of nitrogens with one attached hydrogen (secondary N) is 1. The van der Waals surface area contributed by atoms with E-state index in [9.17, 15) is 32.3 Å². The summed E-state index contributed by atoms with van der Waals surface area (Å²) in [6, 6.07) is 1.97. The van der Waals surface area contributed by atoms with Crippen molar-refractivity contribution in [2.45, 2.75) is 76.0 Å². The lowest BCUT2D eigenvalue weighted by molar-refractivity contribution is -0.137. The van der Waals surface area contributed by atoms with Crippen LogP contribution in [0, 0.1) is 11.6 Å². The number of carbonyl (C=O) groups excluding carboxylic acids is 1. The number of aromatic nitrogens is 3. The molecule has 5 heterocycles. The predicted octanol–water partition coefficient (Wildman–Crippen LogP) is 7.64. The highest BCUT2D eigenvalue weighted by Gasteiger charge is 2.49. The molecule has 2 N–H and O–H groups in total. The van der Waals surface area contributed by atoms with Crippen LogP contribution >= 0.6 is 11.3 Å². The molecule has 3 atom stereocenters. The van der Waals surface area contributed by atoms with Gasteiger partial charge in [0.05, 0.1) is 33.2 Å². The summed E-state index contributed by atoms with van der Waals surface area (Å²) >= 11 is 0.617. The second-order valence-corrected chi connectivity index (χ2v) is 15.4. The van der Waals surface area contributed by atoms with Gasteiger partial charge in [0.25, 0.3) is 0 Å². The van der Waals surface area contributed by atoms with Gasteiger partial charge in [0.15, 0.2) is 10.9 Å². The minimum atomic E-state index is -5.19. The molecular formula is C34H34F6N6O6S. The zero-order valence-corrected chi connectivity index (χ0v) is 29.5. The average Bonchev–Trinajstić information content (AvgIpc) is 3.83. The lowest BCUT2D eigenvalue weighted by Gasteiger charge is -2.30. The number of hydrogen-bond donors (Lipinski definition) is 2. The molecule has 53 heavy (non-hydrogen) atoms. The molecular weight excluding hydrogens is 734 g/mol. The Morgan fingerprint density at radius 3 is 2.57 bits per heavy atom. The maximum Gasteiger partial charge on any atom is 0.417 e. The van der Waals surface area contributed by atoms with Crippen molar-refractivity contribution in [2.75, 3.05) is 38.1 Å². The first-order valence-electron chi connectivity index (χ1n) is 16.8. The number of halogens is 6. The first-order valence-corrected chi connectivity index (χ1v) is 17.6. The standard InChI is InChI=1S/C34H34F6N6O6S/c1-32(2,3)52-30(47)44-29-42-25-18(5-6-21(36)26(25)53-29)22-20(34(38,39)40)11-19-24(23(22)37)41-28(43-27(19)51-17-7-10-45(14-17)31(48)49)50-15-33-8-4-9-46(33)13-16(35)12-33/h5-6,11,16-17H,4,7-10,12-15H2,1-3H3,(H,48,49)(H,42,44,47)/t16-,17-,33+/m1/s1. The lowest BCUT2D eigenvalue weighted by Crippen LogP contribution is -2.43. The van der Waals surface area contributed by atoms with Crippen molar-refractivity contribution in [1.82, 2.24) is 24.8 Å². The number of carbonyl (C=O) groups is 2. The SMILES string of the molecule is CC(C)(C)OC(=O)Nc1nc2c(-c3c(C(F)(F)F)cc4c(O[C@@H]5CCN(C(=O)O)C5)nc(OC[C@@]56CCCN5C[C@H](F)C6)nc4c3F)ccc(F)c2s1. The Balaban J connectivity index is 1.36. The van der Waals surface area contributed by atoms with Crippen LogP contribution in [0.4, 0.5) is 41.1 Å². The summed E-state index contributed by atoms with van der Waals surface area (Å²) in [6.45, 7) is 5.55. The number of nitrogens with zero attached hydrogens (tertiary/aromatic N) is 5. The number of thiazole rings is 1. The second-order valence-electron chi connectivity index (χ2n) is 14.4. The molecule has 19 heteroatoms. The van der Waals surface area contributed by atoms with Gasteiger partial charge in [0, 0.05) is 37.1 Å². The van der Waals surface area contributed by atoms with Crippen molar-refractivity contribution in [3.8, 4) is 23.0 Å². The Labute approximate surface area is 302 Å². The van der Waals surface area contributed by atoms with Crippen LogP contribution in [-0.2, 0) is 10.9 Å². The van der Waals surface area contributed by atoms with Crippen LogP contribution in [-0.4, -0.2) is 98.2 Å². The number of amides is 2. The monoisotopic (exact) mass is 768 g/mol. The molecule has 2 aromatic carbocycles. The van der Waals surface area contributed by atoms with Gasteiger partial charge in [0.2, 0.25) is 5.88 Å². The number of carboxylic acid groups (broad SMARTS) is 1. The van der Waals surface area contributed by atoms with E-state index in [4.69, 9.17) is 14.2 Å². The number of anilines is 1. The van der Waals surface area contributed by atoms with Gasteiger partial charge in [-0.1, -0.05) is 11.3 Å². The number of rotatable bonds is 7. The molecule has 0 aliphatic carbocycles. The fourth-order valence-corrected chi connectivity index (χ4v) is 8.13. The molecule has 3 aliphatic rings. The Morgan fingerprint density at radius 2 is 1.87 bits per heavy atom. The maximum atomic E-state index is 17.0. The number of ether oxygens (including phenoxy) is 3. The summed E-state index contributed by atoms with van der Waals surface area (Å²) in [4.78, 5) is 39.6. The quantitative estimate of drug-likeness (QED) is 0.181. The molecule has 12 nitrogen and oxygen atoms in total. The normalized spacial score (nSPS) is 22.1. The van der Waals surface area contributed by atoms with E-state index in [2.05, 4.69) is 20.3 Å². The maximum absolute atomic E-state index is 17.0.